The monoisotopic (exact) mass is 387 g/mol. The van der Waals surface area contributed by atoms with Gasteiger partial charge in [-0.3, -0.25) is 9.59 Å². The molecule has 0 saturated carbocycles. The largest absolute Gasteiger partial charge is 0.493 e. The Bertz CT molecular complexity index is 828. The van der Waals surface area contributed by atoms with Crippen molar-refractivity contribution in [2.45, 2.75) is 12.5 Å². The summed E-state index contributed by atoms with van der Waals surface area (Å²) in [4.78, 5) is 25.8. The number of hydrogen-bond donors (Lipinski definition) is 2. The van der Waals surface area contributed by atoms with E-state index in [4.69, 9.17) is 22.1 Å². The Balaban J connectivity index is 1.61. The van der Waals surface area contributed by atoms with E-state index in [9.17, 15) is 9.59 Å². The molecule has 142 valence electrons. The number of hydrogen-bond acceptors (Lipinski definition) is 4. The number of ether oxygens (including phenoxy) is 1. The van der Waals surface area contributed by atoms with Crippen LogP contribution in [-0.2, 0) is 4.79 Å². The predicted molar refractivity (Wildman–Crippen MR) is 104 cm³/mol. The van der Waals surface area contributed by atoms with Gasteiger partial charge in [-0.15, -0.1) is 0 Å². The molecule has 3 N–H and O–H groups in total. The summed E-state index contributed by atoms with van der Waals surface area (Å²) in [6.45, 7) is 2.25. The molecule has 0 spiro atoms. The number of carbonyl (C=O) groups excluding carboxylic acids is 2. The van der Waals surface area contributed by atoms with Crippen molar-refractivity contribution in [3.05, 3.63) is 64.7 Å². The van der Waals surface area contributed by atoms with E-state index in [1.54, 1.807) is 24.3 Å². The topological polar surface area (TPSA) is 84.7 Å². The minimum absolute atomic E-state index is 0.00692. The lowest BCUT2D eigenvalue weighted by Crippen LogP contribution is -2.49. The molecule has 2 aromatic carbocycles. The zero-order valence-electron chi connectivity index (χ0n) is 14.9. The van der Waals surface area contributed by atoms with Crippen LogP contribution in [0.3, 0.4) is 0 Å². The maximum absolute atomic E-state index is 12.8. The Morgan fingerprint density at radius 1 is 1.22 bits per heavy atom. The third-order valence-electron chi connectivity index (χ3n) is 4.53. The normalized spacial score (nSPS) is 16.8. The van der Waals surface area contributed by atoms with Gasteiger partial charge in [0.15, 0.2) is 0 Å². The summed E-state index contributed by atoms with van der Waals surface area (Å²) >= 11 is 6.32. The van der Waals surface area contributed by atoms with E-state index in [1.165, 1.54) is 0 Å². The Morgan fingerprint density at radius 3 is 2.81 bits per heavy atom. The first-order chi connectivity index (χ1) is 13.1. The molecule has 0 aliphatic carbocycles. The highest BCUT2D eigenvalue weighted by atomic mass is 35.5. The Morgan fingerprint density at radius 2 is 2.04 bits per heavy atom. The summed E-state index contributed by atoms with van der Waals surface area (Å²) in [5.74, 6) is 0.00876. The summed E-state index contributed by atoms with van der Waals surface area (Å²) in [6.07, 6.45) is 0.238. The van der Waals surface area contributed by atoms with Gasteiger partial charge in [-0.05, 0) is 29.8 Å². The summed E-state index contributed by atoms with van der Waals surface area (Å²) in [5, 5.41) is 3.97. The van der Waals surface area contributed by atoms with Gasteiger partial charge in [0, 0.05) is 30.2 Å². The number of primary amides is 1. The zero-order valence-corrected chi connectivity index (χ0v) is 15.6. The lowest BCUT2D eigenvalue weighted by molar-refractivity contribution is -0.135. The van der Waals surface area contributed by atoms with Crippen LogP contribution in [0.15, 0.2) is 48.5 Å². The number of nitrogens with two attached hydrogens (primary N) is 1. The van der Waals surface area contributed by atoms with E-state index in [0.717, 1.165) is 12.1 Å². The summed E-state index contributed by atoms with van der Waals surface area (Å²) < 4.78 is 5.63. The van der Waals surface area contributed by atoms with E-state index >= 15 is 0 Å². The molecule has 1 atom stereocenters. The first-order valence-electron chi connectivity index (χ1n) is 8.83. The van der Waals surface area contributed by atoms with Gasteiger partial charge in [0.2, 0.25) is 11.8 Å². The second-order valence-corrected chi connectivity index (χ2v) is 6.73. The average Bonchev–Trinajstić information content (AvgIpc) is 2.68. The Labute approximate surface area is 163 Å². The number of piperazine rings is 1. The molecule has 0 radical (unpaired) electrons. The molecule has 2 aromatic rings. The van der Waals surface area contributed by atoms with E-state index in [-0.39, 0.29) is 25.0 Å². The third-order valence-corrected chi connectivity index (χ3v) is 4.88. The van der Waals surface area contributed by atoms with Crippen LogP contribution in [0.4, 0.5) is 0 Å². The quantitative estimate of drug-likeness (QED) is 0.797. The SMILES string of the molecule is NC(=O)c1cccc(OCCC(=O)N2CCNCC2c2ccccc2Cl)c1. The standard InChI is InChI=1S/C20H22ClN3O3/c21-17-7-2-1-6-16(17)18-13-23-9-10-24(18)19(25)8-11-27-15-5-3-4-14(12-15)20(22)26/h1-7,12,18,23H,8-11,13H2,(H2,22,26). The van der Waals surface area contributed by atoms with Crippen molar-refractivity contribution in [3.63, 3.8) is 0 Å². The molecule has 0 bridgehead atoms. The van der Waals surface area contributed by atoms with Crippen molar-refractivity contribution in [3.8, 4) is 5.75 Å². The fourth-order valence-corrected chi connectivity index (χ4v) is 3.43. The molecule has 27 heavy (non-hydrogen) atoms. The highest BCUT2D eigenvalue weighted by molar-refractivity contribution is 6.31. The highest BCUT2D eigenvalue weighted by Gasteiger charge is 2.28. The average molecular weight is 388 g/mol. The number of rotatable bonds is 6. The van der Waals surface area contributed by atoms with Crippen molar-refractivity contribution in [2.24, 2.45) is 5.73 Å². The molecule has 1 aliphatic heterocycles. The highest BCUT2D eigenvalue weighted by Crippen LogP contribution is 2.29. The van der Waals surface area contributed by atoms with Crippen molar-refractivity contribution >= 4 is 23.4 Å². The van der Waals surface area contributed by atoms with Gasteiger partial charge >= 0.3 is 0 Å². The van der Waals surface area contributed by atoms with Gasteiger partial charge in [-0.2, -0.15) is 0 Å². The molecule has 1 unspecified atom stereocenters. The minimum Gasteiger partial charge on any atom is -0.493 e. The van der Waals surface area contributed by atoms with Crippen LogP contribution in [0.2, 0.25) is 5.02 Å². The van der Waals surface area contributed by atoms with Gasteiger partial charge in [-0.1, -0.05) is 35.9 Å². The molecule has 2 amide bonds. The summed E-state index contributed by atoms with van der Waals surface area (Å²) in [5.41, 5.74) is 6.58. The fourth-order valence-electron chi connectivity index (χ4n) is 3.16. The number of nitrogens with one attached hydrogen (secondary N) is 1. The first-order valence-corrected chi connectivity index (χ1v) is 9.21. The molecule has 1 fully saturated rings. The smallest absolute Gasteiger partial charge is 0.248 e. The van der Waals surface area contributed by atoms with Crippen molar-refractivity contribution in [1.82, 2.24) is 10.2 Å². The van der Waals surface area contributed by atoms with Gasteiger partial charge in [0.05, 0.1) is 19.1 Å². The van der Waals surface area contributed by atoms with E-state index in [2.05, 4.69) is 5.32 Å². The van der Waals surface area contributed by atoms with Gasteiger partial charge in [0.25, 0.3) is 0 Å². The number of nitrogens with zero attached hydrogens (tertiary/aromatic N) is 1. The van der Waals surface area contributed by atoms with Crippen LogP contribution in [0.5, 0.6) is 5.75 Å². The molecule has 0 aromatic heterocycles. The minimum atomic E-state index is -0.514. The lowest BCUT2D eigenvalue weighted by Gasteiger charge is -2.37. The number of amides is 2. The van der Waals surface area contributed by atoms with E-state index in [0.29, 0.717) is 29.4 Å². The summed E-state index contributed by atoms with van der Waals surface area (Å²) in [7, 11) is 0. The molecular weight excluding hydrogens is 366 g/mol. The molecular formula is C20H22ClN3O3. The van der Waals surface area contributed by atoms with Crippen LogP contribution >= 0.6 is 11.6 Å². The molecule has 1 aliphatic rings. The van der Waals surface area contributed by atoms with Gasteiger partial charge < -0.3 is 20.7 Å². The van der Waals surface area contributed by atoms with Crippen LogP contribution < -0.4 is 15.8 Å². The second kappa shape index (κ2) is 8.88. The van der Waals surface area contributed by atoms with Crippen molar-refractivity contribution < 1.29 is 14.3 Å². The van der Waals surface area contributed by atoms with E-state index in [1.807, 2.05) is 29.2 Å². The number of carbonyl (C=O) groups is 2. The van der Waals surface area contributed by atoms with Gasteiger partial charge in [0.1, 0.15) is 5.75 Å². The first kappa shape index (κ1) is 19.2. The van der Waals surface area contributed by atoms with Crippen LogP contribution in [0.25, 0.3) is 0 Å². The molecule has 6 nitrogen and oxygen atoms in total. The third kappa shape index (κ3) is 4.78. The zero-order chi connectivity index (χ0) is 19.2. The van der Waals surface area contributed by atoms with Crippen molar-refractivity contribution in [1.29, 1.82) is 0 Å². The molecule has 1 heterocycles. The maximum Gasteiger partial charge on any atom is 0.248 e. The van der Waals surface area contributed by atoms with Crippen LogP contribution in [0, 0.1) is 0 Å². The summed E-state index contributed by atoms with van der Waals surface area (Å²) in [6, 6.07) is 14.1. The van der Waals surface area contributed by atoms with Crippen LogP contribution in [0.1, 0.15) is 28.4 Å². The van der Waals surface area contributed by atoms with E-state index < -0.39 is 5.91 Å². The molecule has 7 heteroatoms. The Hall–Kier alpha value is -2.57. The maximum atomic E-state index is 12.8. The van der Waals surface area contributed by atoms with Crippen molar-refractivity contribution in [2.75, 3.05) is 26.2 Å². The molecule has 3 rings (SSSR count). The fraction of sp³-hybridized carbons (Fsp3) is 0.300. The second-order valence-electron chi connectivity index (χ2n) is 6.32. The Kier molecular flexibility index (Phi) is 6.32. The van der Waals surface area contributed by atoms with Gasteiger partial charge in [-0.25, -0.2) is 0 Å². The lowest BCUT2D eigenvalue weighted by atomic mass is 10.0. The van der Waals surface area contributed by atoms with Crippen LogP contribution in [-0.4, -0.2) is 43.0 Å². The predicted octanol–water partition coefficient (Wildman–Crippen LogP) is 2.38. The number of benzene rings is 2. The molecule has 1 saturated heterocycles. The number of halogens is 1.